The molecule has 7 aromatic rings. The minimum Gasteiger partial charge on any atom is -0.207 e. The Kier molecular flexibility index (Phi) is 18.7. The summed E-state index contributed by atoms with van der Waals surface area (Å²) < 4.78 is 50.8. The van der Waals surface area contributed by atoms with Gasteiger partial charge in [-0.05, 0) is 120 Å². The van der Waals surface area contributed by atoms with Crippen LogP contribution in [0.1, 0.15) is 148 Å². The largest absolute Gasteiger partial charge is 0.416 e. The SMILES string of the molecule is CC(C)(C)c1ccccc1C(F)(F)F.CC(C)(C)c1ccccc1Cl.CC(C)(C)c1ccccc1F.Cc1cccc2cccc(C(C)(C)C)c12.Cc1cccc2cccc(C(C)(C)C)c12. The number of fused-ring (bicyclic) bond motifs is 2. The summed E-state index contributed by atoms with van der Waals surface area (Å²) in [6.45, 7) is 35.8. The third-order valence-electron chi connectivity index (χ3n) is 11.2. The molecule has 0 aliphatic carbocycles. The molecule has 0 aliphatic heterocycles. The predicted molar refractivity (Wildman–Crippen MR) is 280 cm³/mol. The average molecular weight is 920 g/mol. The number of aryl methyl sites for hydroxylation is 2. The van der Waals surface area contributed by atoms with Gasteiger partial charge in [0.25, 0.3) is 0 Å². The summed E-state index contributed by atoms with van der Waals surface area (Å²) in [5, 5.41) is 6.41. The molecule has 7 aromatic carbocycles. The molecule has 0 atom stereocenters. The molecule has 0 fully saturated rings. The second kappa shape index (κ2) is 22.2. The van der Waals surface area contributed by atoms with Crippen molar-refractivity contribution in [1.82, 2.24) is 0 Å². The van der Waals surface area contributed by atoms with E-state index in [-0.39, 0.29) is 27.5 Å². The van der Waals surface area contributed by atoms with E-state index in [2.05, 4.69) is 155 Å². The topological polar surface area (TPSA) is 0 Å². The van der Waals surface area contributed by atoms with Crippen LogP contribution in [0.25, 0.3) is 21.5 Å². The summed E-state index contributed by atoms with van der Waals surface area (Å²) in [5.74, 6) is -0.111. The van der Waals surface area contributed by atoms with Crippen LogP contribution in [0.5, 0.6) is 0 Å². The summed E-state index contributed by atoms with van der Waals surface area (Å²) in [6.07, 6.45) is -4.26. The molecule has 0 amide bonds. The Balaban J connectivity index is 0.000000220. The van der Waals surface area contributed by atoms with Gasteiger partial charge in [-0.1, -0.05) is 243 Å². The van der Waals surface area contributed by atoms with E-state index < -0.39 is 17.2 Å². The Hall–Kier alpha value is -4.93. The van der Waals surface area contributed by atoms with Crippen LogP contribution < -0.4 is 0 Å². The molecule has 7 rings (SSSR count). The molecule has 5 heteroatoms. The van der Waals surface area contributed by atoms with Crippen LogP contribution in [0.3, 0.4) is 0 Å². The van der Waals surface area contributed by atoms with Crippen LogP contribution in [-0.4, -0.2) is 0 Å². The van der Waals surface area contributed by atoms with E-state index in [1.165, 1.54) is 67.6 Å². The maximum Gasteiger partial charge on any atom is 0.416 e. The first-order valence-electron chi connectivity index (χ1n) is 22.9. The number of hydrogen-bond donors (Lipinski definition) is 0. The van der Waals surface area contributed by atoms with Crippen molar-refractivity contribution in [3.05, 3.63) is 201 Å². The van der Waals surface area contributed by atoms with Crippen molar-refractivity contribution in [2.45, 2.75) is 151 Å². The normalized spacial score (nSPS) is 12.1. The van der Waals surface area contributed by atoms with E-state index in [1.807, 2.05) is 51.1 Å². The molecule has 0 saturated heterocycles. The van der Waals surface area contributed by atoms with Crippen molar-refractivity contribution < 1.29 is 17.6 Å². The van der Waals surface area contributed by atoms with Gasteiger partial charge >= 0.3 is 6.18 Å². The predicted octanol–water partition coefficient (Wildman–Crippen LogP) is 19.7. The zero-order valence-corrected chi connectivity index (χ0v) is 43.5. The van der Waals surface area contributed by atoms with Crippen LogP contribution in [0, 0.1) is 19.7 Å². The molecule has 354 valence electrons. The smallest absolute Gasteiger partial charge is 0.207 e. The highest BCUT2D eigenvalue weighted by Crippen LogP contribution is 2.38. The summed E-state index contributed by atoms with van der Waals surface area (Å²) in [7, 11) is 0. The molecule has 0 spiro atoms. The maximum absolute atomic E-state index is 13.1. The zero-order valence-electron chi connectivity index (χ0n) is 42.7. The fourth-order valence-corrected chi connectivity index (χ4v) is 8.25. The fourth-order valence-electron chi connectivity index (χ4n) is 7.83. The summed E-state index contributed by atoms with van der Waals surface area (Å²) in [5.41, 5.74) is 7.43. The van der Waals surface area contributed by atoms with Crippen molar-refractivity contribution in [3.8, 4) is 0 Å². The lowest BCUT2D eigenvalue weighted by Crippen LogP contribution is -2.19. The van der Waals surface area contributed by atoms with Crippen LogP contribution in [0.15, 0.2) is 146 Å². The third kappa shape index (κ3) is 15.9. The molecular weight excluding hydrogens is 844 g/mol. The molecule has 0 aromatic heterocycles. The number of benzene rings is 7. The molecular formula is C61H75ClF4. The van der Waals surface area contributed by atoms with Gasteiger partial charge in [0.15, 0.2) is 0 Å². The van der Waals surface area contributed by atoms with Crippen LogP contribution >= 0.6 is 11.6 Å². The molecule has 0 saturated carbocycles. The summed E-state index contributed by atoms with van der Waals surface area (Å²) in [4.78, 5) is 0. The fraction of sp³-hybridized carbons (Fsp3) is 0.377. The highest BCUT2D eigenvalue weighted by Gasteiger charge is 2.35. The van der Waals surface area contributed by atoms with Crippen molar-refractivity contribution in [2.75, 3.05) is 0 Å². The molecule has 0 N–H and O–H groups in total. The lowest BCUT2D eigenvalue weighted by molar-refractivity contribution is -0.138. The Labute approximate surface area is 400 Å². The van der Waals surface area contributed by atoms with E-state index in [1.54, 1.807) is 32.9 Å². The zero-order chi connectivity index (χ0) is 50.1. The first-order valence-corrected chi connectivity index (χ1v) is 23.3. The van der Waals surface area contributed by atoms with E-state index in [0.717, 1.165) is 16.7 Å². The second-order valence-corrected chi connectivity index (χ2v) is 22.6. The lowest BCUT2D eigenvalue weighted by atomic mass is 9.82. The van der Waals surface area contributed by atoms with Gasteiger partial charge in [0, 0.05) is 5.02 Å². The quantitative estimate of drug-likeness (QED) is 0.133. The number of alkyl halides is 3. The van der Waals surface area contributed by atoms with Gasteiger partial charge in [-0.2, -0.15) is 13.2 Å². The Morgan fingerprint density at radius 3 is 0.894 bits per heavy atom. The Bertz CT molecular complexity index is 2440. The monoisotopic (exact) mass is 919 g/mol. The minimum absolute atomic E-state index is 0.0919. The third-order valence-corrected chi connectivity index (χ3v) is 11.6. The molecule has 66 heavy (non-hydrogen) atoms. The van der Waals surface area contributed by atoms with Gasteiger partial charge in [-0.3, -0.25) is 0 Å². The van der Waals surface area contributed by atoms with Crippen molar-refractivity contribution in [3.63, 3.8) is 0 Å². The standard InChI is InChI=1S/2C15H18.C11H13F3.C10H13Cl.C10H13F/c2*1-11-7-5-8-12-9-6-10-13(14(11)12)15(2,3)4;1-10(2,3)8-6-4-5-7-9(8)11(12,13)14;2*1-10(2,3)8-6-4-5-7-9(8)11/h2*5-10H,1-4H3;4-7H,1-3H3;2*4-7H,1-3H3. The summed E-state index contributed by atoms with van der Waals surface area (Å²) in [6, 6.07) is 46.8. The van der Waals surface area contributed by atoms with Gasteiger partial charge in [-0.25, -0.2) is 4.39 Å². The van der Waals surface area contributed by atoms with Crippen molar-refractivity contribution >= 4 is 33.1 Å². The van der Waals surface area contributed by atoms with E-state index >= 15 is 0 Å². The Morgan fingerprint density at radius 1 is 0.318 bits per heavy atom. The van der Waals surface area contributed by atoms with Crippen molar-refractivity contribution in [2.24, 2.45) is 0 Å². The molecule has 0 bridgehead atoms. The minimum atomic E-state index is -4.26. The summed E-state index contributed by atoms with van der Waals surface area (Å²) >= 11 is 6.01. The van der Waals surface area contributed by atoms with Crippen LogP contribution in [0.2, 0.25) is 5.02 Å². The van der Waals surface area contributed by atoms with Gasteiger partial charge < -0.3 is 0 Å². The number of hydrogen-bond acceptors (Lipinski definition) is 0. The van der Waals surface area contributed by atoms with Gasteiger partial charge in [0.05, 0.1) is 5.56 Å². The Morgan fingerprint density at radius 2 is 0.606 bits per heavy atom. The first-order chi connectivity index (χ1) is 30.3. The van der Waals surface area contributed by atoms with Gasteiger partial charge in [0.1, 0.15) is 5.82 Å². The number of rotatable bonds is 0. The molecule has 0 nitrogen and oxygen atoms in total. The molecule has 0 radical (unpaired) electrons. The number of halogens is 5. The van der Waals surface area contributed by atoms with Gasteiger partial charge in [-0.15, -0.1) is 0 Å². The van der Waals surface area contributed by atoms with Crippen LogP contribution in [0.4, 0.5) is 17.6 Å². The van der Waals surface area contributed by atoms with E-state index in [0.29, 0.717) is 5.56 Å². The molecule has 0 aliphatic rings. The molecule has 0 unspecified atom stereocenters. The lowest BCUT2D eigenvalue weighted by Gasteiger charge is -2.23. The van der Waals surface area contributed by atoms with E-state index in [9.17, 15) is 17.6 Å². The van der Waals surface area contributed by atoms with Crippen LogP contribution in [-0.2, 0) is 33.3 Å². The maximum atomic E-state index is 13.1. The average Bonchev–Trinajstić information content (AvgIpc) is 3.20. The first kappa shape index (κ1) is 55.4. The van der Waals surface area contributed by atoms with E-state index in [4.69, 9.17) is 11.6 Å². The molecule has 0 heterocycles. The highest BCUT2D eigenvalue weighted by molar-refractivity contribution is 6.31. The highest BCUT2D eigenvalue weighted by atomic mass is 35.5. The van der Waals surface area contributed by atoms with Crippen molar-refractivity contribution in [1.29, 1.82) is 0 Å². The van der Waals surface area contributed by atoms with Gasteiger partial charge in [0.2, 0.25) is 0 Å². The second-order valence-electron chi connectivity index (χ2n) is 22.2.